The lowest BCUT2D eigenvalue weighted by atomic mass is 10.1. The first-order valence-electron chi connectivity index (χ1n) is 11.7. The van der Waals surface area contributed by atoms with Gasteiger partial charge >= 0.3 is 0 Å². The molecule has 0 amide bonds. The van der Waals surface area contributed by atoms with Crippen LogP contribution in [0.25, 0.3) is 0 Å². The lowest BCUT2D eigenvalue weighted by molar-refractivity contribution is 1.14. The predicted molar refractivity (Wildman–Crippen MR) is 145 cm³/mol. The van der Waals surface area contributed by atoms with Crippen molar-refractivity contribution in [1.82, 2.24) is 0 Å². The third-order valence-electron chi connectivity index (χ3n) is 5.29. The van der Waals surface area contributed by atoms with Gasteiger partial charge in [-0.25, -0.2) is 0 Å². The van der Waals surface area contributed by atoms with Gasteiger partial charge in [-0.05, 0) is 73.5 Å². The third kappa shape index (κ3) is 7.73. The highest BCUT2D eigenvalue weighted by atomic mass is 14.9. The van der Waals surface area contributed by atoms with E-state index in [1.165, 1.54) is 22.3 Å². The highest BCUT2D eigenvalue weighted by Crippen LogP contribution is 2.21. The molecular weight excluding hydrogens is 402 g/mol. The second-order valence-corrected chi connectivity index (χ2v) is 7.96. The molecule has 0 aliphatic rings. The maximum Gasteiger partial charge on any atom is 0.0400 e. The standard InChI is InChI=1S/C28H29N3.C2H6/c1-21-3-7-23(8-4-21)19-29-25-11-15-27(16-12-25)31-28-17-13-26(14-18-28)30-20-24-9-5-22(2)6-10-24;1-2/h3-18,29-31H,19-20H2,1-2H3;1-2H3. The van der Waals surface area contributed by atoms with E-state index >= 15 is 0 Å². The van der Waals surface area contributed by atoms with Crippen molar-refractivity contribution in [3.8, 4) is 0 Å². The summed E-state index contributed by atoms with van der Waals surface area (Å²) in [6.07, 6.45) is 0. The predicted octanol–water partition coefficient (Wildman–Crippen LogP) is 8.30. The van der Waals surface area contributed by atoms with Gasteiger partial charge in [0.1, 0.15) is 0 Å². The molecule has 4 aromatic carbocycles. The number of benzene rings is 4. The van der Waals surface area contributed by atoms with Gasteiger partial charge in [0.25, 0.3) is 0 Å². The van der Waals surface area contributed by atoms with E-state index in [1.807, 2.05) is 13.8 Å². The van der Waals surface area contributed by atoms with E-state index in [-0.39, 0.29) is 0 Å². The van der Waals surface area contributed by atoms with Crippen LogP contribution in [-0.2, 0) is 13.1 Å². The minimum atomic E-state index is 0.824. The maximum absolute atomic E-state index is 3.47. The number of rotatable bonds is 8. The normalized spacial score (nSPS) is 10.1. The zero-order valence-corrected chi connectivity index (χ0v) is 20.2. The van der Waals surface area contributed by atoms with Crippen molar-refractivity contribution < 1.29 is 0 Å². The molecule has 4 rings (SSSR count). The van der Waals surface area contributed by atoms with E-state index in [2.05, 4.69) is 127 Å². The molecule has 0 aliphatic heterocycles. The first kappa shape index (κ1) is 23.9. The molecule has 0 aliphatic carbocycles. The van der Waals surface area contributed by atoms with Gasteiger partial charge in [0.05, 0.1) is 0 Å². The van der Waals surface area contributed by atoms with Crippen LogP contribution in [0.1, 0.15) is 36.1 Å². The molecular formula is C30H35N3. The van der Waals surface area contributed by atoms with Crippen LogP contribution in [0.15, 0.2) is 97.1 Å². The molecule has 0 bridgehead atoms. The van der Waals surface area contributed by atoms with Crippen molar-refractivity contribution in [1.29, 1.82) is 0 Å². The van der Waals surface area contributed by atoms with E-state index in [0.29, 0.717) is 0 Å². The second-order valence-electron chi connectivity index (χ2n) is 7.96. The van der Waals surface area contributed by atoms with Crippen LogP contribution in [0.5, 0.6) is 0 Å². The molecule has 0 spiro atoms. The molecule has 3 N–H and O–H groups in total. The molecule has 0 radical (unpaired) electrons. The van der Waals surface area contributed by atoms with Crippen LogP contribution in [0.3, 0.4) is 0 Å². The Balaban J connectivity index is 0.00000149. The molecule has 33 heavy (non-hydrogen) atoms. The van der Waals surface area contributed by atoms with E-state index in [4.69, 9.17) is 0 Å². The highest BCUT2D eigenvalue weighted by molar-refractivity contribution is 5.64. The smallest absolute Gasteiger partial charge is 0.0400 e. The van der Waals surface area contributed by atoms with Gasteiger partial charge < -0.3 is 16.0 Å². The first-order valence-corrected chi connectivity index (χ1v) is 11.7. The van der Waals surface area contributed by atoms with Crippen molar-refractivity contribution in [2.24, 2.45) is 0 Å². The summed E-state index contributed by atoms with van der Waals surface area (Å²) in [7, 11) is 0. The van der Waals surface area contributed by atoms with Gasteiger partial charge in [-0.15, -0.1) is 0 Å². The van der Waals surface area contributed by atoms with Crippen LogP contribution >= 0.6 is 0 Å². The fourth-order valence-corrected chi connectivity index (χ4v) is 3.33. The number of aryl methyl sites for hydroxylation is 2. The Hall–Kier alpha value is -3.72. The van der Waals surface area contributed by atoms with Gasteiger partial charge in [-0.1, -0.05) is 73.5 Å². The molecule has 0 fully saturated rings. The first-order chi connectivity index (χ1) is 16.1. The summed E-state index contributed by atoms with van der Waals surface area (Å²) < 4.78 is 0. The van der Waals surface area contributed by atoms with Crippen LogP contribution < -0.4 is 16.0 Å². The monoisotopic (exact) mass is 437 g/mol. The highest BCUT2D eigenvalue weighted by Gasteiger charge is 1.99. The number of hydrogen-bond donors (Lipinski definition) is 3. The van der Waals surface area contributed by atoms with E-state index in [0.717, 1.165) is 35.8 Å². The van der Waals surface area contributed by atoms with Crippen molar-refractivity contribution in [3.63, 3.8) is 0 Å². The minimum Gasteiger partial charge on any atom is -0.381 e. The average Bonchev–Trinajstić information content (AvgIpc) is 2.86. The molecule has 170 valence electrons. The summed E-state index contributed by atoms with van der Waals surface area (Å²) in [5.41, 5.74) is 9.50. The Morgan fingerprint density at radius 3 is 1.06 bits per heavy atom. The van der Waals surface area contributed by atoms with Crippen molar-refractivity contribution in [2.45, 2.75) is 40.8 Å². The molecule has 0 unspecified atom stereocenters. The van der Waals surface area contributed by atoms with E-state index < -0.39 is 0 Å². The molecule has 0 saturated heterocycles. The van der Waals surface area contributed by atoms with Gasteiger partial charge in [-0.3, -0.25) is 0 Å². The Labute approximate surface area is 198 Å². The van der Waals surface area contributed by atoms with Crippen LogP contribution in [0.4, 0.5) is 22.7 Å². The van der Waals surface area contributed by atoms with E-state index in [1.54, 1.807) is 0 Å². The fourth-order valence-electron chi connectivity index (χ4n) is 3.33. The largest absolute Gasteiger partial charge is 0.381 e. The van der Waals surface area contributed by atoms with Crippen molar-refractivity contribution >= 4 is 22.7 Å². The zero-order chi connectivity index (χ0) is 23.5. The lowest BCUT2D eigenvalue weighted by Crippen LogP contribution is -2.00. The maximum atomic E-state index is 3.47. The number of nitrogens with one attached hydrogen (secondary N) is 3. The SMILES string of the molecule is CC.Cc1ccc(CNc2ccc(Nc3ccc(NCc4ccc(C)cc4)cc3)cc2)cc1. The summed E-state index contributed by atoms with van der Waals surface area (Å²) in [5.74, 6) is 0. The number of hydrogen-bond acceptors (Lipinski definition) is 3. The Bertz CT molecular complexity index is 990. The summed E-state index contributed by atoms with van der Waals surface area (Å²) in [4.78, 5) is 0. The Kier molecular flexibility index (Phi) is 8.96. The molecule has 0 aromatic heterocycles. The van der Waals surface area contributed by atoms with Crippen molar-refractivity contribution in [3.05, 3.63) is 119 Å². The second kappa shape index (κ2) is 12.4. The van der Waals surface area contributed by atoms with Gasteiger partial charge in [0.15, 0.2) is 0 Å². The summed E-state index contributed by atoms with van der Waals surface area (Å²) in [6.45, 7) is 9.87. The summed E-state index contributed by atoms with van der Waals surface area (Å²) >= 11 is 0. The van der Waals surface area contributed by atoms with E-state index in [9.17, 15) is 0 Å². The van der Waals surface area contributed by atoms with Gasteiger partial charge in [0.2, 0.25) is 0 Å². The fraction of sp³-hybridized carbons (Fsp3) is 0.200. The quantitative estimate of drug-likeness (QED) is 0.259. The summed E-state index contributed by atoms with van der Waals surface area (Å²) in [5, 5.41) is 10.4. The zero-order valence-electron chi connectivity index (χ0n) is 20.2. The van der Waals surface area contributed by atoms with Crippen LogP contribution in [0.2, 0.25) is 0 Å². The average molecular weight is 438 g/mol. The molecule has 0 heterocycles. The molecule has 4 aromatic rings. The molecule has 3 heteroatoms. The molecule has 3 nitrogen and oxygen atoms in total. The third-order valence-corrected chi connectivity index (χ3v) is 5.29. The van der Waals surface area contributed by atoms with Gasteiger partial charge in [0, 0.05) is 35.8 Å². The van der Waals surface area contributed by atoms with Crippen LogP contribution in [0, 0.1) is 13.8 Å². The Morgan fingerprint density at radius 2 is 0.727 bits per heavy atom. The lowest BCUT2D eigenvalue weighted by Gasteiger charge is -2.11. The topological polar surface area (TPSA) is 36.1 Å². The van der Waals surface area contributed by atoms with Crippen LogP contribution in [-0.4, -0.2) is 0 Å². The number of anilines is 4. The summed E-state index contributed by atoms with van der Waals surface area (Å²) in [6, 6.07) is 34.1. The minimum absolute atomic E-state index is 0.824. The molecule has 0 atom stereocenters. The molecule has 0 saturated carbocycles. The van der Waals surface area contributed by atoms with Gasteiger partial charge in [-0.2, -0.15) is 0 Å². The Morgan fingerprint density at radius 1 is 0.424 bits per heavy atom. The van der Waals surface area contributed by atoms with Crippen molar-refractivity contribution in [2.75, 3.05) is 16.0 Å².